The fourth-order valence-electron chi connectivity index (χ4n) is 2.11. The molecule has 2 aromatic carbocycles. The number of benzene rings is 2. The molecule has 0 unspecified atom stereocenters. The van der Waals surface area contributed by atoms with Gasteiger partial charge < -0.3 is 5.32 Å². The van der Waals surface area contributed by atoms with Crippen molar-refractivity contribution in [2.75, 3.05) is 5.32 Å². The van der Waals surface area contributed by atoms with E-state index >= 15 is 0 Å². The van der Waals surface area contributed by atoms with Crippen LogP contribution in [0.25, 0.3) is 0 Å². The highest BCUT2D eigenvalue weighted by Crippen LogP contribution is 2.24. The molecule has 132 valence electrons. The van der Waals surface area contributed by atoms with Gasteiger partial charge in [0.1, 0.15) is 11.6 Å². The normalized spacial score (nSPS) is 14.4. The van der Waals surface area contributed by atoms with Gasteiger partial charge in [-0.25, -0.2) is 21.9 Å². The van der Waals surface area contributed by atoms with Crippen molar-refractivity contribution >= 4 is 33.2 Å². The quantitative estimate of drug-likeness (QED) is 0.827. The van der Waals surface area contributed by atoms with Gasteiger partial charge in [0.25, 0.3) is 5.91 Å². The van der Waals surface area contributed by atoms with Gasteiger partial charge in [0.2, 0.25) is 10.0 Å². The van der Waals surface area contributed by atoms with E-state index in [1.807, 2.05) is 0 Å². The number of hydrogen-bond acceptors (Lipinski definition) is 3. The molecule has 1 aliphatic carbocycles. The Morgan fingerprint density at radius 1 is 1.08 bits per heavy atom. The van der Waals surface area contributed by atoms with Crippen molar-refractivity contribution in [3.8, 4) is 0 Å². The highest BCUT2D eigenvalue weighted by atomic mass is 35.5. The predicted molar refractivity (Wildman–Crippen MR) is 89.1 cm³/mol. The summed E-state index contributed by atoms with van der Waals surface area (Å²) in [6.45, 7) is 0. The van der Waals surface area contributed by atoms with E-state index in [-0.39, 0.29) is 21.6 Å². The standard InChI is InChI=1S/C16H13ClF2N2O3S/c17-13-7-10(3-5-15(13)19)20-16(22)12-8-11(4-6-14(12)18)25(23,24)21-9-1-2-9/h3-9,21H,1-2H2,(H,20,22). The van der Waals surface area contributed by atoms with Crippen LogP contribution in [0.15, 0.2) is 41.3 Å². The molecule has 0 radical (unpaired) electrons. The maximum absolute atomic E-state index is 14.0. The van der Waals surface area contributed by atoms with Crippen molar-refractivity contribution in [2.45, 2.75) is 23.8 Å². The minimum Gasteiger partial charge on any atom is -0.322 e. The molecule has 25 heavy (non-hydrogen) atoms. The highest BCUT2D eigenvalue weighted by Gasteiger charge is 2.28. The van der Waals surface area contributed by atoms with Gasteiger partial charge in [-0.1, -0.05) is 11.6 Å². The van der Waals surface area contributed by atoms with Crippen LogP contribution in [0.3, 0.4) is 0 Å². The van der Waals surface area contributed by atoms with Crippen molar-refractivity contribution in [3.63, 3.8) is 0 Å². The van der Waals surface area contributed by atoms with E-state index in [1.165, 1.54) is 12.1 Å². The summed E-state index contributed by atoms with van der Waals surface area (Å²) in [5.41, 5.74) is -0.292. The Bertz CT molecular complexity index is 946. The van der Waals surface area contributed by atoms with Crippen LogP contribution >= 0.6 is 11.6 Å². The number of nitrogens with one attached hydrogen (secondary N) is 2. The summed E-state index contributed by atoms with van der Waals surface area (Å²) in [5, 5.41) is 2.15. The van der Waals surface area contributed by atoms with Gasteiger partial charge in [-0.3, -0.25) is 4.79 Å². The minimum absolute atomic E-state index is 0.117. The molecule has 2 aromatic rings. The van der Waals surface area contributed by atoms with E-state index in [2.05, 4.69) is 10.0 Å². The van der Waals surface area contributed by atoms with E-state index in [1.54, 1.807) is 0 Å². The number of carbonyl (C=O) groups is 1. The van der Waals surface area contributed by atoms with Crippen molar-refractivity contribution in [1.29, 1.82) is 0 Å². The first-order valence-corrected chi connectivity index (χ1v) is 9.21. The van der Waals surface area contributed by atoms with Gasteiger partial charge in [-0.05, 0) is 49.2 Å². The summed E-state index contributed by atoms with van der Waals surface area (Å²) in [6, 6.07) is 6.32. The van der Waals surface area contributed by atoms with E-state index in [9.17, 15) is 22.0 Å². The molecule has 1 amide bonds. The molecular weight excluding hydrogens is 374 g/mol. The molecule has 3 rings (SSSR count). The summed E-state index contributed by atoms with van der Waals surface area (Å²) in [5.74, 6) is -2.41. The molecule has 9 heteroatoms. The Morgan fingerprint density at radius 3 is 2.40 bits per heavy atom. The average molecular weight is 387 g/mol. The summed E-state index contributed by atoms with van der Waals surface area (Å²) < 4.78 is 53.9. The van der Waals surface area contributed by atoms with Crippen molar-refractivity contribution in [2.24, 2.45) is 0 Å². The monoisotopic (exact) mass is 386 g/mol. The Balaban J connectivity index is 1.86. The highest BCUT2D eigenvalue weighted by molar-refractivity contribution is 7.89. The molecule has 0 spiro atoms. The molecule has 1 saturated carbocycles. The predicted octanol–water partition coefficient (Wildman–Crippen LogP) is 3.31. The maximum atomic E-state index is 14.0. The largest absolute Gasteiger partial charge is 0.322 e. The van der Waals surface area contributed by atoms with Crippen LogP contribution in [-0.4, -0.2) is 20.4 Å². The van der Waals surface area contributed by atoms with Crippen molar-refractivity contribution in [3.05, 3.63) is 58.6 Å². The number of carbonyl (C=O) groups excluding carboxylic acids is 1. The first kappa shape index (κ1) is 17.8. The number of hydrogen-bond donors (Lipinski definition) is 2. The van der Waals surface area contributed by atoms with Gasteiger partial charge in [0.05, 0.1) is 15.5 Å². The van der Waals surface area contributed by atoms with Crippen LogP contribution in [0, 0.1) is 11.6 Å². The van der Waals surface area contributed by atoms with E-state index in [0.29, 0.717) is 0 Å². The molecule has 5 nitrogen and oxygen atoms in total. The Kier molecular flexibility index (Phi) is 4.77. The third-order valence-electron chi connectivity index (χ3n) is 3.57. The Morgan fingerprint density at radius 2 is 1.76 bits per heavy atom. The molecule has 0 aliphatic heterocycles. The van der Waals surface area contributed by atoms with E-state index in [4.69, 9.17) is 11.6 Å². The van der Waals surface area contributed by atoms with Gasteiger partial charge >= 0.3 is 0 Å². The molecular formula is C16H13ClF2N2O3S. The number of amides is 1. The van der Waals surface area contributed by atoms with Gasteiger partial charge in [-0.15, -0.1) is 0 Å². The number of halogens is 3. The summed E-state index contributed by atoms with van der Waals surface area (Å²) in [7, 11) is -3.82. The summed E-state index contributed by atoms with van der Waals surface area (Å²) in [4.78, 5) is 12.0. The average Bonchev–Trinajstić information content (AvgIpc) is 3.34. The first-order chi connectivity index (χ1) is 11.8. The molecule has 0 bridgehead atoms. The zero-order chi connectivity index (χ0) is 18.2. The molecule has 0 saturated heterocycles. The fraction of sp³-hybridized carbons (Fsp3) is 0.188. The molecule has 1 fully saturated rings. The van der Waals surface area contributed by atoms with Crippen LogP contribution in [0.5, 0.6) is 0 Å². The summed E-state index contributed by atoms with van der Waals surface area (Å²) in [6.07, 6.45) is 1.50. The smallest absolute Gasteiger partial charge is 0.258 e. The van der Waals surface area contributed by atoms with Gasteiger partial charge in [-0.2, -0.15) is 0 Å². The summed E-state index contributed by atoms with van der Waals surface area (Å²) >= 11 is 5.63. The lowest BCUT2D eigenvalue weighted by atomic mass is 10.2. The topological polar surface area (TPSA) is 75.3 Å². The van der Waals surface area contributed by atoms with E-state index in [0.717, 1.165) is 37.1 Å². The second-order valence-electron chi connectivity index (χ2n) is 5.62. The van der Waals surface area contributed by atoms with Gasteiger partial charge in [0, 0.05) is 11.7 Å². The van der Waals surface area contributed by atoms with Crippen LogP contribution in [0.2, 0.25) is 5.02 Å². The van der Waals surface area contributed by atoms with Crippen LogP contribution in [-0.2, 0) is 10.0 Å². The minimum atomic E-state index is -3.82. The van der Waals surface area contributed by atoms with Crippen molar-refractivity contribution < 1.29 is 22.0 Å². The SMILES string of the molecule is O=C(Nc1ccc(F)c(Cl)c1)c1cc(S(=O)(=O)NC2CC2)ccc1F. The molecule has 0 aromatic heterocycles. The van der Waals surface area contributed by atoms with Crippen LogP contribution in [0.4, 0.5) is 14.5 Å². The molecule has 0 heterocycles. The van der Waals surface area contributed by atoms with E-state index < -0.39 is 33.1 Å². The second kappa shape index (κ2) is 6.70. The number of rotatable bonds is 5. The van der Waals surface area contributed by atoms with Crippen molar-refractivity contribution in [1.82, 2.24) is 4.72 Å². The van der Waals surface area contributed by atoms with Crippen LogP contribution in [0.1, 0.15) is 23.2 Å². The first-order valence-electron chi connectivity index (χ1n) is 7.34. The Labute approximate surface area is 148 Å². The zero-order valence-electron chi connectivity index (χ0n) is 12.7. The second-order valence-corrected chi connectivity index (χ2v) is 7.74. The number of anilines is 1. The maximum Gasteiger partial charge on any atom is 0.258 e. The lowest BCUT2D eigenvalue weighted by Gasteiger charge is -2.10. The molecule has 2 N–H and O–H groups in total. The fourth-order valence-corrected chi connectivity index (χ4v) is 3.62. The molecule has 1 aliphatic rings. The van der Waals surface area contributed by atoms with Crippen LogP contribution < -0.4 is 10.0 Å². The zero-order valence-corrected chi connectivity index (χ0v) is 14.3. The third-order valence-corrected chi connectivity index (χ3v) is 5.38. The molecule has 0 atom stereocenters. The van der Waals surface area contributed by atoms with Gasteiger partial charge in [0.15, 0.2) is 0 Å². The lowest BCUT2D eigenvalue weighted by Crippen LogP contribution is -2.26. The third kappa shape index (κ3) is 4.15. The Hall–Kier alpha value is -2.03. The lowest BCUT2D eigenvalue weighted by molar-refractivity contribution is 0.102. The number of sulfonamides is 1.